The predicted octanol–water partition coefficient (Wildman–Crippen LogP) is 1.04. The molecular weight excluding hydrogens is 248 g/mol. The van der Waals surface area contributed by atoms with E-state index in [9.17, 15) is 4.79 Å². The number of thiophene rings is 1. The summed E-state index contributed by atoms with van der Waals surface area (Å²) in [5, 5.41) is 8.11. The van der Waals surface area contributed by atoms with Gasteiger partial charge in [0.1, 0.15) is 12.7 Å². The van der Waals surface area contributed by atoms with Crippen LogP contribution in [0.2, 0.25) is 0 Å². The van der Waals surface area contributed by atoms with Crippen molar-refractivity contribution in [3.63, 3.8) is 0 Å². The summed E-state index contributed by atoms with van der Waals surface area (Å²) in [5.41, 5.74) is 1.12. The first-order chi connectivity index (χ1) is 8.81. The summed E-state index contributed by atoms with van der Waals surface area (Å²) in [7, 11) is 0. The van der Waals surface area contributed by atoms with Gasteiger partial charge in [0.2, 0.25) is 5.91 Å². The molecule has 0 radical (unpaired) electrons. The monoisotopic (exact) mass is 262 g/mol. The lowest BCUT2D eigenvalue weighted by Gasteiger charge is -2.39. The Kier molecular flexibility index (Phi) is 3.10. The molecule has 3 rings (SSSR count). The molecular formula is C12H14N4OS. The van der Waals surface area contributed by atoms with Crippen molar-refractivity contribution < 1.29 is 4.79 Å². The molecule has 1 amide bonds. The molecule has 2 aromatic rings. The molecule has 0 aliphatic carbocycles. The Balaban J connectivity index is 1.45. The minimum Gasteiger partial charge on any atom is -0.342 e. The van der Waals surface area contributed by atoms with Crippen molar-refractivity contribution in [2.24, 2.45) is 5.92 Å². The zero-order valence-corrected chi connectivity index (χ0v) is 10.7. The summed E-state index contributed by atoms with van der Waals surface area (Å²) in [6.45, 7) is 2.52. The summed E-state index contributed by atoms with van der Waals surface area (Å²) >= 11 is 1.63. The highest BCUT2D eigenvalue weighted by molar-refractivity contribution is 7.07. The molecule has 2 aromatic heterocycles. The van der Waals surface area contributed by atoms with Crippen molar-refractivity contribution in [1.82, 2.24) is 19.7 Å². The van der Waals surface area contributed by atoms with Gasteiger partial charge < -0.3 is 4.90 Å². The maximum Gasteiger partial charge on any atom is 0.227 e. The Morgan fingerprint density at radius 3 is 3.06 bits per heavy atom. The van der Waals surface area contributed by atoms with Gasteiger partial charge in [0.25, 0.3) is 0 Å². The van der Waals surface area contributed by atoms with Gasteiger partial charge in [-0.3, -0.25) is 9.48 Å². The maximum absolute atomic E-state index is 11.9. The molecule has 5 nitrogen and oxygen atoms in total. The van der Waals surface area contributed by atoms with Gasteiger partial charge in [0.05, 0.1) is 6.42 Å². The lowest BCUT2D eigenvalue weighted by molar-refractivity contribution is -0.137. The van der Waals surface area contributed by atoms with Crippen LogP contribution < -0.4 is 0 Å². The van der Waals surface area contributed by atoms with E-state index in [0.29, 0.717) is 12.3 Å². The van der Waals surface area contributed by atoms with Crippen LogP contribution >= 0.6 is 11.3 Å². The first kappa shape index (κ1) is 11.4. The summed E-state index contributed by atoms with van der Waals surface area (Å²) < 4.78 is 1.82. The third-order valence-corrected chi connectivity index (χ3v) is 3.89. The van der Waals surface area contributed by atoms with E-state index in [1.807, 2.05) is 26.4 Å². The second-order valence-corrected chi connectivity index (χ2v) is 5.37. The van der Waals surface area contributed by atoms with E-state index in [0.717, 1.165) is 25.2 Å². The Bertz CT molecular complexity index is 502. The molecule has 1 aliphatic heterocycles. The number of likely N-dealkylation sites (tertiary alicyclic amines) is 1. The van der Waals surface area contributed by atoms with Gasteiger partial charge >= 0.3 is 0 Å². The Hall–Kier alpha value is -1.69. The summed E-state index contributed by atoms with van der Waals surface area (Å²) in [4.78, 5) is 17.8. The summed E-state index contributed by atoms with van der Waals surface area (Å²) in [6.07, 6.45) is 3.79. The lowest BCUT2D eigenvalue weighted by atomic mass is 9.99. The first-order valence-corrected chi connectivity index (χ1v) is 6.87. The number of hydrogen-bond donors (Lipinski definition) is 0. The van der Waals surface area contributed by atoms with E-state index in [2.05, 4.69) is 10.1 Å². The van der Waals surface area contributed by atoms with E-state index < -0.39 is 0 Å². The number of hydrogen-bond acceptors (Lipinski definition) is 4. The average Bonchev–Trinajstić information content (AvgIpc) is 2.94. The first-order valence-electron chi connectivity index (χ1n) is 5.92. The van der Waals surface area contributed by atoms with Crippen LogP contribution in [-0.4, -0.2) is 38.7 Å². The van der Waals surface area contributed by atoms with Crippen molar-refractivity contribution in [3.8, 4) is 0 Å². The molecule has 0 saturated carbocycles. The van der Waals surface area contributed by atoms with Gasteiger partial charge in [0.15, 0.2) is 0 Å². The largest absolute Gasteiger partial charge is 0.342 e. The average molecular weight is 262 g/mol. The van der Waals surface area contributed by atoms with Crippen LogP contribution in [-0.2, 0) is 17.8 Å². The lowest BCUT2D eigenvalue weighted by Crippen LogP contribution is -2.51. The molecule has 1 fully saturated rings. The molecule has 18 heavy (non-hydrogen) atoms. The number of rotatable bonds is 4. The fraction of sp³-hybridized carbons (Fsp3) is 0.417. The van der Waals surface area contributed by atoms with Gasteiger partial charge in [-0.1, -0.05) is 0 Å². The number of nitrogens with zero attached hydrogens (tertiary/aromatic N) is 4. The second-order valence-electron chi connectivity index (χ2n) is 4.59. The predicted molar refractivity (Wildman–Crippen MR) is 68.1 cm³/mol. The quantitative estimate of drug-likeness (QED) is 0.827. The molecule has 0 N–H and O–H groups in total. The fourth-order valence-electron chi connectivity index (χ4n) is 2.16. The molecule has 0 bridgehead atoms. The van der Waals surface area contributed by atoms with E-state index >= 15 is 0 Å². The molecule has 94 valence electrons. The van der Waals surface area contributed by atoms with E-state index in [-0.39, 0.29) is 5.91 Å². The van der Waals surface area contributed by atoms with Gasteiger partial charge in [-0.05, 0) is 22.4 Å². The van der Waals surface area contributed by atoms with Crippen LogP contribution in [0.5, 0.6) is 0 Å². The fourth-order valence-corrected chi connectivity index (χ4v) is 2.83. The number of carbonyl (C=O) groups excluding carboxylic acids is 1. The van der Waals surface area contributed by atoms with Crippen molar-refractivity contribution in [1.29, 1.82) is 0 Å². The highest BCUT2D eigenvalue weighted by atomic mass is 32.1. The molecule has 1 saturated heterocycles. The highest BCUT2D eigenvalue weighted by Gasteiger charge is 2.30. The minimum atomic E-state index is 0.225. The number of aromatic nitrogens is 3. The van der Waals surface area contributed by atoms with Crippen LogP contribution in [0.4, 0.5) is 0 Å². The van der Waals surface area contributed by atoms with Crippen LogP contribution in [0.1, 0.15) is 5.56 Å². The van der Waals surface area contributed by atoms with Crippen LogP contribution in [0, 0.1) is 5.92 Å². The second kappa shape index (κ2) is 4.89. The minimum absolute atomic E-state index is 0.225. The van der Waals surface area contributed by atoms with Crippen LogP contribution in [0.25, 0.3) is 0 Å². The van der Waals surface area contributed by atoms with Crippen LogP contribution in [0.15, 0.2) is 29.5 Å². The molecule has 1 aliphatic rings. The highest BCUT2D eigenvalue weighted by Crippen LogP contribution is 2.19. The SMILES string of the molecule is O=C(Cc1ccsc1)N1CC(Cn2cncn2)C1. The Morgan fingerprint density at radius 2 is 2.39 bits per heavy atom. The smallest absolute Gasteiger partial charge is 0.227 e. The molecule has 0 unspecified atom stereocenters. The van der Waals surface area contributed by atoms with Gasteiger partial charge in [-0.2, -0.15) is 16.4 Å². The number of amides is 1. The van der Waals surface area contributed by atoms with Crippen molar-refractivity contribution in [2.75, 3.05) is 13.1 Å². The van der Waals surface area contributed by atoms with E-state index in [4.69, 9.17) is 0 Å². The van der Waals surface area contributed by atoms with E-state index in [1.54, 1.807) is 17.7 Å². The van der Waals surface area contributed by atoms with Crippen molar-refractivity contribution >= 4 is 17.2 Å². The van der Waals surface area contributed by atoms with Crippen molar-refractivity contribution in [2.45, 2.75) is 13.0 Å². The number of carbonyl (C=O) groups is 1. The van der Waals surface area contributed by atoms with Crippen LogP contribution in [0.3, 0.4) is 0 Å². The Labute approximate surface area is 109 Å². The molecule has 0 atom stereocenters. The maximum atomic E-state index is 11.9. The van der Waals surface area contributed by atoms with E-state index in [1.165, 1.54) is 6.33 Å². The molecule has 0 spiro atoms. The van der Waals surface area contributed by atoms with Gasteiger partial charge in [-0.15, -0.1) is 0 Å². The Morgan fingerprint density at radius 1 is 1.50 bits per heavy atom. The summed E-state index contributed by atoms with van der Waals surface area (Å²) in [6, 6.07) is 2.01. The molecule has 0 aromatic carbocycles. The van der Waals surface area contributed by atoms with Gasteiger partial charge in [-0.25, -0.2) is 4.98 Å². The van der Waals surface area contributed by atoms with Crippen molar-refractivity contribution in [3.05, 3.63) is 35.0 Å². The topological polar surface area (TPSA) is 51.0 Å². The standard InChI is InChI=1S/C12H14N4OS/c17-12(3-10-1-2-18-7-10)15-4-11(5-15)6-16-9-13-8-14-16/h1-2,7-9,11H,3-6H2. The molecule has 6 heteroatoms. The normalized spacial score (nSPS) is 15.7. The third kappa shape index (κ3) is 2.43. The third-order valence-electron chi connectivity index (χ3n) is 3.16. The van der Waals surface area contributed by atoms with Gasteiger partial charge in [0, 0.05) is 25.6 Å². The zero-order valence-electron chi connectivity index (χ0n) is 9.90. The summed E-state index contributed by atoms with van der Waals surface area (Å²) in [5.74, 6) is 0.737. The zero-order chi connectivity index (χ0) is 12.4. The molecule has 3 heterocycles.